The molecule has 1 aromatic carbocycles. The van der Waals surface area contributed by atoms with E-state index in [2.05, 4.69) is 26.1 Å². The molecule has 3 heteroatoms. The first-order chi connectivity index (χ1) is 10.1. The van der Waals surface area contributed by atoms with E-state index < -0.39 is 0 Å². The van der Waals surface area contributed by atoms with Crippen molar-refractivity contribution in [3.8, 4) is 5.75 Å². The Morgan fingerprint density at radius 3 is 2.71 bits per heavy atom. The molecule has 21 heavy (non-hydrogen) atoms. The minimum Gasteiger partial charge on any atom is -0.508 e. The summed E-state index contributed by atoms with van der Waals surface area (Å²) < 4.78 is 0. The number of hydrogen-bond donors (Lipinski definition) is 3. The molecule has 3 atom stereocenters. The highest BCUT2D eigenvalue weighted by atomic mass is 16.3. The van der Waals surface area contributed by atoms with E-state index in [-0.39, 0.29) is 12.6 Å². The third-order valence-corrected chi connectivity index (χ3v) is 4.80. The molecule has 0 saturated carbocycles. The van der Waals surface area contributed by atoms with Crippen molar-refractivity contribution in [3.05, 3.63) is 28.8 Å². The number of aliphatic hydroxyl groups excluding tert-OH is 1. The molecular formula is C18H29NO2. The van der Waals surface area contributed by atoms with E-state index in [1.807, 2.05) is 12.1 Å². The zero-order valence-electron chi connectivity index (χ0n) is 13.5. The van der Waals surface area contributed by atoms with Crippen LogP contribution >= 0.6 is 0 Å². The number of rotatable bonds is 7. The molecule has 0 aliphatic heterocycles. The molecule has 1 aliphatic carbocycles. The quantitative estimate of drug-likeness (QED) is 0.719. The number of benzene rings is 1. The Labute approximate surface area is 128 Å². The smallest absolute Gasteiger partial charge is 0.120 e. The molecule has 3 unspecified atom stereocenters. The maximum Gasteiger partial charge on any atom is 0.120 e. The van der Waals surface area contributed by atoms with Crippen LogP contribution in [-0.4, -0.2) is 23.4 Å². The van der Waals surface area contributed by atoms with Crippen molar-refractivity contribution in [2.45, 2.75) is 58.4 Å². The summed E-state index contributed by atoms with van der Waals surface area (Å²) >= 11 is 0. The fourth-order valence-corrected chi connectivity index (χ4v) is 3.78. The lowest BCUT2D eigenvalue weighted by molar-refractivity contribution is 0.244. The monoisotopic (exact) mass is 291 g/mol. The molecule has 0 bridgehead atoms. The second-order valence-electron chi connectivity index (χ2n) is 6.49. The van der Waals surface area contributed by atoms with Crippen molar-refractivity contribution in [3.63, 3.8) is 0 Å². The van der Waals surface area contributed by atoms with Gasteiger partial charge in [-0.25, -0.2) is 0 Å². The number of aromatic hydroxyl groups is 1. The van der Waals surface area contributed by atoms with Crippen LogP contribution in [0.3, 0.4) is 0 Å². The van der Waals surface area contributed by atoms with Gasteiger partial charge in [-0.15, -0.1) is 0 Å². The van der Waals surface area contributed by atoms with Gasteiger partial charge < -0.3 is 15.5 Å². The van der Waals surface area contributed by atoms with Crippen LogP contribution in [0.2, 0.25) is 0 Å². The number of aliphatic hydroxyl groups is 1. The van der Waals surface area contributed by atoms with Crippen LogP contribution in [0.25, 0.3) is 0 Å². The minimum atomic E-state index is 0.243. The van der Waals surface area contributed by atoms with Gasteiger partial charge in [0.05, 0.1) is 0 Å². The summed E-state index contributed by atoms with van der Waals surface area (Å²) in [5, 5.41) is 23.0. The van der Waals surface area contributed by atoms with Gasteiger partial charge in [0, 0.05) is 18.2 Å². The molecule has 0 amide bonds. The minimum absolute atomic E-state index is 0.243. The van der Waals surface area contributed by atoms with Crippen LogP contribution in [0.5, 0.6) is 5.75 Å². The SMILES string of the molecule is CCCC(CCO)CNC1CC(C)c2c(C)ccc(O)c21. The van der Waals surface area contributed by atoms with Crippen LogP contribution in [0.15, 0.2) is 12.1 Å². The molecule has 3 nitrogen and oxygen atoms in total. The molecule has 1 aliphatic rings. The Kier molecular flexibility index (Phi) is 5.65. The molecule has 118 valence electrons. The molecule has 3 N–H and O–H groups in total. The fourth-order valence-electron chi connectivity index (χ4n) is 3.78. The molecule has 2 rings (SSSR count). The fraction of sp³-hybridized carbons (Fsp3) is 0.667. The Bertz CT molecular complexity index is 467. The highest BCUT2D eigenvalue weighted by Gasteiger charge is 2.32. The Balaban J connectivity index is 2.09. The molecule has 0 heterocycles. The van der Waals surface area contributed by atoms with Gasteiger partial charge >= 0.3 is 0 Å². The van der Waals surface area contributed by atoms with Crippen molar-refractivity contribution in [1.29, 1.82) is 0 Å². The van der Waals surface area contributed by atoms with Crippen molar-refractivity contribution in [2.24, 2.45) is 5.92 Å². The van der Waals surface area contributed by atoms with E-state index in [1.165, 1.54) is 11.1 Å². The lowest BCUT2D eigenvalue weighted by Crippen LogP contribution is -2.27. The van der Waals surface area contributed by atoms with Crippen LogP contribution in [-0.2, 0) is 0 Å². The summed E-state index contributed by atoms with van der Waals surface area (Å²) in [6.45, 7) is 7.73. The highest BCUT2D eigenvalue weighted by Crippen LogP contribution is 2.45. The molecular weight excluding hydrogens is 262 g/mol. The normalized spacial score (nSPS) is 22.3. The van der Waals surface area contributed by atoms with Gasteiger partial charge in [-0.05, 0) is 61.8 Å². The van der Waals surface area contributed by atoms with Crippen molar-refractivity contribution in [2.75, 3.05) is 13.2 Å². The number of nitrogens with one attached hydrogen (secondary N) is 1. The Hall–Kier alpha value is -1.06. The summed E-state index contributed by atoms with van der Waals surface area (Å²) in [5.41, 5.74) is 3.70. The predicted octanol–water partition coefficient (Wildman–Crippen LogP) is 3.64. The molecule has 1 aromatic rings. The first kappa shape index (κ1) is 16.3. The Morgan fingerprint density at radius 2 is 2.05 bits per heavy atom. The van der Waals surface area contributed by atoms with E-state index in [4.69, 9.17) is 5.11 Å². The van der Waals surface area contributed by atoms with Crippen LogP contribution in [0.4, 0.5) is 0 Å². The summed E-state index contributed by atoms with van der Waals surface area (Å²) in [7, 11) is 0. The van der Waals surface area contributed by atoms with Crippen LogP contribution < -0.4 is 5.32 Å². The summed E-state index contributed by atoms with van der Waals surface area (Å²) in [6.07, 6.45) is 4.19. The van der Waals surface area contributed by atoms with Gasteiger partial charge in [-0.1, -0.05) is 26.3 Å². The van der Waals surface area contributed by atoms with E-state index in [0.717, 1.165) is 37.8 Å². The van der Waals surface area contributed by atoms with Gasteiger partial charge in [-0.3, -0.25) is 0 Å². The summed E-state index contributed by atoms with van der Waals surface area (Å²) in [6, 6.07) is 4.07. The topological polar surface area (TPSA) is 52.5 Å². The van der Waals surface area contributed by atoms with E-state index in [9.17, 15) is 5.11 Å². The second-order valence-corrected chi connectivity index (χ2v) is 6.49. The van der Waals surface area contributed by atoms with Crippen molar-refractivity contribution >= 4 is 0 Å². The van der Waals surface area contributed by atoms with Gasteiger partial charge in [0.15, 0.2) is 0 Å². The summed E-state index contributed by atoms with van der Waals surface area (Å²) in [5.74, 6) is 1.44. The van der Waals surface area contributed by atoms with Crippen molar-refractivity contribution in [1.82, 2.24) is 5.32 Å². The maximum absolute atomic E-state index is 10.2. The number of phenols is 1. The van der Waals surface area contributed by atoms with E-state index in [0.29, 0.717) is 17.6 Å². The van der Waals surface area contributed by atoms with Crippen molar-refractivity contribution < 1.29 is 10.2 Å². The number of phenolic OH excluding ortho intramolecular Hbond substituents is 1. The standard InChI is InChI=1S/C18H29NO2/c1-4-5-14(8-9-20)11-19-15-10-13(3)17-12(2)6-7-16(21)18(15)17/h6-7,13-15,19-21H,4-5,8-11H2,1-3H3. The van der Waals surface area contributed by atoms with Crippen LogP contribution in [0, 0.1) is 12.8 Å². The zero-order chi connectivity index (χ0) is 15.4. The zero-order valence-corrected chi connectivity index (χ0v) is 13.5. The average Bonchev–Trinajstić information content (AvgIpc) is 2.79. The summed E-state index contributed by atoms with van der Waals surface area (Å²) in [4.78, 5) is 0. The number of fused-ring (bicyclic) bond motifs is 1. The van der Waals surface area contributed by atoms with Gasteiger partial charge in [0.2, 0.25) is 0 Å². The predicted molar refractivity (Wildman–Crippen MR) is 86.7 cm³/mol. The lowest BCUT2D eigenvalue weighted by atomic mass is 9.97. The lowest BCUT2D eigenvalue weighted by Gasteiger charge is -2.21. The van der Waals surface area contributed by atoms with Gasteiger partial charge in [0.1, 0.15) is 5.75 Å². The number of hydrogen-bond acceptors (Lipinski definition) is 3. The third kappa shape index (κ3) is 3.58. The Morgan fingerprint density at radius 1 is 1.29 bits per heavy atom. The van der Waals surface area contributed by atoms with Crippen LogP contribution in [0.1, 0.15) is 68.2 Å². The number of aryl methyl sites for hydroxylation is 1. The highest BCUT2D eigenvalue weighted by molar-refractivity contribution is 5.50. The molecule has 0 radical (unpaired) electrons. The third-order valence-electron chi connectivity index (χ3n) is 4.80. The molecule has 0 spiro atoms. The first-order valence-electron chi connectivity index (χ1n) is 8.25. The molecule has 0 fully saturated rings. The maximum atomic E-state index is 10.2. The average molecular weight is 291 g/mol. The molecule has 0 aromatic heterocycles. The second kappa shape index (κ2) is 7.28. The molecule has 0 saturated heterocycles. The van der Waals surface area contributed by atoms with E-state index in [1.54, 1.807) is 0 Å². The van der Waals surface area contributed by atoms with Gasteiger partial charge in [0.25, 0.3) is 0 Å². The van der Waals surface area contributed by atoms with Gasteiger partial charge in [-0.2, -0.15) is 0 Å². The van der Waals surface area contributed by atoms with E-state index >= 15 is 0 Å². The largest absolute Gasteiger partial charge is 0.508 e. The first-order valence-corrected chi connectivity index (χ1v) is 8.25.